The second-order valence-corrected chi connectivity index (χ2v) is 4.54. The molecule has 90 valence electrons. The highest BCUT2D eigenvalue weighted by Gasteiger charge is 2.26. The fourth-order valence-electron chi connectivity index (χ4n) is 1.02. The minimum absolute atomic E-state index is 0.280. The molecule has 0 amide bonds. The number of nitrogens with one attached hydrogen (secondary N) is 1. The predicted octanol–water partition coefficient (Wildman–Crippen LogP) is -1.43. The van der Waals surface area contributed by atoms with E-state index in [2.05, 4.69) is 0 Å². The zero-order valence-electron chi connectivity index (χ0n) is 8.80. The van der Waals surface area contributed by atoms with Gasteiger partial charge in [0.25, 0.3) is 10.2 Å². The molecule has 0 aromatic heterocycles. The first-order valence-corrected chi connectivity index (χ1v) is 6.03. The van der Waals surface area contributed by atoms with Crippen molar-refractivity contribution in [2.75, 3.05) is 19.6 Å². The van der Waals surface area contributed by atoms with E-state index in [1.54, 1.807) is 13.8 Å². The molecule has 0 heterocycles. The molecule has 0 rings (SSSR count). The maximum atomic E-state index is 11.6. The number of rotatable bonds is 7. The Balaban J connectivity index is 4.68. The van der Waals surface area contributed by atoms with Gasteiger partial charge >= 0.3 is 5.97 Å². The smallest absolute Gasteiger partial charge is 0.323 e. The third-order valence-electron chi connectivity index (χ3n) is 1.87. The van der Waals surface area contributed by atoms with E-state index >= 15 is 0 Å². The van der Waals surface area contributed by atoms with Crippen molar-refractivity contribution in [3.05, 3.63) is 0 Å². The Morgan fingerprint density at radius 3 is 2.20 bits per heavy atom. The molecule has 0 fully saturated rings. The van der Waals surface area contributed by atoms with Crippen molar-refractivity contribution < 1.29 is 18.3 Å². The summed E-state index contributed by atoms with van der Waals surface area (Å²) in [6, 6.07) is -1.28. The van der Waals surface area contributed by atoms with Gasteiger partial charge in [0.2, 0.25) is 0 Å². The summed E-state index contributed by atoms with van der Waals surface area (Å²) in [6.07, 6.45) is 0. The zero-order valence-corrected chi connectivity index (χ0v) is 9.62. The van der Waals surface area contributed by atoms with Crippen molar-refractivity contribution in [3.63, 3.8) is 0 Å². The Morgan fingerprint density at radius 2 is 1.93 bits per heavy atom. The van der Waals surface area contributed by atoms with Crippen molar-refractivity contribution in [3.8, 4) is 0 Å². The fourth-order valence-corrected chi connectivity index (χ4v) is 2.40. The molecule has 1 atom stereocenters. The maximum absolute atomic E-state index is 11.6. The molecule has 0 spiro atoms. The Labute approximate surface area is 89.4 Å². The van der Waals surface area contributed by atoms with Crippen molar-refractivity contribution in [2.45, 2.75) is 19.9 Å². The van der Waals surface area contributed by atoms with Crippen molar-refractivity contribution in [2.24, 2.45) is 5.73 Å². The number of aliphatic carboxylic acids is 1. The second-order valence-electron chi connectivity index (χ2n) is 2.83. The van der Waals surface area contributed by atoms with E-state index < -0.39 is 22.2 Å². The van der Waals surface area contributed by atoms with Gasteiger partial charge < -0.3 is 10.8 Å². The Morgan fingerprint density at radius 1 is 1.47 bits per heavy atom. The van der Waals surface area contributed by atoms with Crippen LogP contribution in [0.3, 0.4) is 0 Å². The fraction of sp³-hybridized carbons (Fsp3) is 0.857. The van der Waals surface area contributed by atoms with Gasteiger partial charge in [0.1, 0.15) is 6.04 Å². The van der Waals surface area contributed by atoms with Crippen molar-refractivity contribution in [1.29, 1.82) is 0 Å². The van der Waals surface area contributed by atoms with Gasteiger partial charge in [-0.1, -0.05) is 13.8 Å². The van der Waals surface area contributed by atoms with Gasteiger partial charge in [-0.05, 0) is 0 Å². The van der Waals surface area contributed by atoms with Gasteiger partial charge in [-0.2, -0.15) is 17.4 Å². The molecule has 0 radical (unpaired) electrons. The first kappa shape index (κ1) is 14.3. The van der Waals surface area contributed by atoms with Crippen LogP contribution in [-0.4, -0.2) is 49.5 Å². The average Bonchev–Trinajstić information content (AvgIpc) is 2.15. The van der Waals surface area contributed by atoms with Gasteiger partial charge in [-0.15, -0.1) is 0 Å². The molecular formula is C7H17N3O4S. The minimum atomic E-state index is -3.76. The lowest BCUT2D eigenvalue weighted by molar-refractivity contribution is -0.138. The summed E-state index contributed by atoms with van der Waals surface area (Å²) in [6.45, 7) is 3.61. The summed E-state index contributed by atoms with van der Waals surface area (Å²) in [4.78, 5) is 10.6. The molecule has 0 aliphatic rings. The van der Waals surface area contributed by atoms with Crippen LogP contribution in [0.5, 0.6) is 0 Å². The molecule has 4 N–H and O–H groups in total. The first-order valence-electron chi connectivity index (χ1n) is 4.59. The highest BCUT2D eigenvalue weighted by atomic mass is 32.2. The molecule has 0 aliphatic heterocycles. The predicted molar refractivity (Wildman–Crippen MR) is 55.5 cm³/mol. The van der Waals surface area contributed by atoms with Gasteiger partial charge in [0.05, 0.1) is 0 Å². The number of hydrogen-bond donors (Lipinski definition) is 3. The van der Waals surface area contributed by atoms with Crippen LogP contribution in [0.4, 0.5) is 0 Å². The van der Waals surface area contributed by atoms with Crippen LogP contribution in [0.15, 0.2) is 0 Å². The normalized spacial score (nSPS) is 14.1. The van der Waals surface area contributed by atoms with Gasteiger partial charge in [0, 0.05) is 19.6 Å². The molecule has 0 aromatic rings. The van der Waals surface area contributed by atoms with E-state index in [1.807, 2.05) is 4.72 Å². The number of carboxylic acid groups (broad SMARTS) is 1. The summed E-state index contributed by atoms with van der Waals surface area (Å²) in [5.74, 6) is -1.28. The first-order chi connectivity index (χ1) is 6.88. The quantitative estimate of drug-likeness (QED) is 0.504. The standard InChI is InChI=1S/C7H17N3O4S/c1-3-10(4-2)15(13,14)9-6(5-8)7(11)12/h6,9H,3-5,8H2,1-2H3,(H,11,12). The Hall–Kier alpha value is -0.700. The van der Waals surface area contributed by atoms with Crippen LogP contribution in [0.1, 0.15) is 13.8 Å². The monoisotopic (exact) mass is 239 g/mol. The lowest BCUT2D eigenvalue weighted by Crippen LogP contribution is -2.51. The zero-order chi connectivity index (χ0) is 12.1. The van der Waals surface area contributed by atoms with Crippen molar-refractivity contribution in [1.82, 2.24) is 9.03 Å². The minimum Gasteiger partial charge on any atom is -0.480 e. The Kier molecular flexibility index (Phi) is 5.73. The molecule has 15 heavy (non-hydrogen) atoms. The van der Waals surface area contributed by atoms with Gasteiger partial charge in [-0.3, -0.25) is 4.79 Å². The molecule has 0 saturated carbocycles. The molecule has 8 heteroatoms. The van der Waals surface area contributed by atoms with E-state index in [9.17, 15) is 13.2 Å². The SMILES string of the molecule is CCN(CC)S(=O)(=O)NC(CN)C(=O)O. The van der Waals surface area contributed by atoms with Crippen LogP contribution in [0.2, 0.25) is 0 Å². The third kappa shape index (κ3) is 4.12. The van der Waals surface area contributed by atoms with E-state index in [-0.39, 0.29) is 19.6 Å². The van der Waals surface area contributed by atoms with E-state index in [0.717, 1.165) is 4.31 Å². The molecule has 0 aliphatic carbocycles. The lowest BCUT2D eigenvalue weighted by atomic mass is 10.3. The Bertz CT molecular complexity index is 299. The van der Waals surface area contributed by atoms with Crippen LogP contribution in [0.25, 0.3) is 0 Å². The number of hydrogen-bond acceptors (Lipinski definition) is 4. The summed E-state index contributed by atoms with van der Waals surface area (Å²) < 4.78 is 26.3. The highest BCUT2D eigenvalue weighted by molar-refractivity contribution is 7.87. The summed E-state index contributed by atoms with van der Waals surface area (Å²) in [7, 11) is -3.76. The number of nitrogens with zero attached hydrogens (tertiary/aromatic N) is 1. The van der Waals surface area contributed by atoms with Crippen LogP contribution in [-0.2, 0) is 15.0 Å². The van der Waals surface area contributed by atoms with Crippen LogP contribution < -0.4 is 10.5 Å². The molecular weight excluding hydrogens is 222 g/mol. The van der Waals surface area contributed by atoms with Crippen LogP contribution in [0, 0.1) is 0 Å². The molecule has 0 aromatic carbocycles. The lowest BCUT2D eigenvalue weighted by Gasteiger charge is -2.21. The van der Waals surface area contributed by atoms with Crippen molar-refractivity contribution >= 4 is 16.2 Å². The summed E-state index contributed by atoms with van der Waals surface area (Å²) >= 11 is 0. The molecule has 1 unspecified atom stereocenters. The van der Waals surface area contributed by atoms with E-state index in [4.69, 9.17) is 10.8 Å². The highest BCUT2D eigenvalue weighted by Crippen LogP contribution is 1.98. The average molecular weight is 239 g/mol. The summed E-state index contributed by atoms with van der Waals surface area (Å²) in [5, 5.41) is 8.64. The topological polar surface area (TPSA) is 113 Å². The maximum Gasteiger partial charge on any atom is 0.323 e. The second kappa shape index (κ2) is 6.01. The van der Waals surface area contributed by atoms with Gasteiger partial charge in [-0.25, -0.2) is 0 Å². The number of carbonyl (C=O) groups is 1. The summed E-state index contributed by atoms with van der Waals surface area (Å²) in [5.41, 5.74) is 5.14. The molecule has 0 saturated heterocycles. The van der Waals surface area contributed by atoms with E-state index in [0.29, 0.717) is 0 Å². The van der Waals surface area contributed by atoms with Crippen LogP contribution >= 0.6 is 0 Å². The third-order valence-corrected chi connectivity index (χ3v) is 3.65. The largest absolute Gasteiger partial charge is 0.480 e. The molecule has 7 nitrogen and oxygen atoms in total. The number of nitrogens with two attached hydrogens (primary N) is 1. The number of carboxylic acids is 1. The van der Waals surface area contributed by atoms with E-state index in [1.165, 1.54) is 0 Å². The molecule has 0 bridgehead atoms. The van der Waals surface area contributed by atoms with Gasteiger partial charge in [0.15, 0.2) is 0 Å².